The van der Waals surface area contributed by atoms with E-state index in [4.69, 9.17) is 4.43 Å². The first kappa shape index (κ1) is 29.1. The van der Waals surface area contributed by atoms with E-state index in [9.17, 15) is 0 Å². The Morgan fingerprint density at radius 2 is 1.07 bits per heavy atom. The van der Waals surface area contributed by atoms with Gasteiger partial charge in [0.05, 0.1) is 0 Å². The summed E-state index contributed by atoms with van der Waals surface area (Å²) in [6.07, 6.45) is 5.44. The number of hydrogen-bond donors (Lipinski definition) is 0. The van der Waals surface area contributed by atoms with E-state index < -0.39 is 9.76 Å². The Morgan fingerprint density at radius 1 is 0.690 bits per heavy atom. The maximum absolute atomic E-state index is 6.07. The van der Waals surface area contributed by atoms with Crippen molar-refractivity contribution in [3.63, 3.8) is 0 Å². The SMILES string of the molecule is CCCN(CC)CC(CC[SiH2]OC(C)C)(CN(CC)CCC)CN(CC)CCC. The van der Waals surface area contributed by atoms with E-state index >= 15 is 0 Å². The van der Waals surface area contributed by atoms with E-state index in [-0.39, 0.29) is 0 Å². The molecule has 0 fully saturated rings. The summed E-state index contributed by atoms with van der Waals surface area (Å²) in [6.45, 7) is 29.2. The van der Waals surface area contributed by atoms with Crippen LogP contribution in [0, 0.1) is 5.41 Å². The van der Waals surface area contributed by atoms with Crippen molar-refractivity contribution >= 4 is 9.76 Å². The molecule has 0 heterocycles. The van der Waals surface area contributed by atoms with Crippen molar-refractivity contribution in [1.82, 2.24) is 14.7 Å². The van der Waals surface area contributed by atoms with Crippen LogP contribution in [-0.2, 0) is 4.43 Å². The van der Waals surface area contributed by atoms with Gasteiger partial charge in [-0.25, -0.2) is 0 Å². The van der Waals surface area contributed by atoms with Crippen LogP contribution in [0.5, 0.6) is 0 Å². The molecule has 0 spiro atoms. The lowest BCUT2D eigenvalue weighted by molar-refractivity contribution is 0.0532. The van der Waals surface area contributed by atoms with Crippen molar-refractivity contribution in [2.45, 2.75) is 93.2 Å². The molecule has 29 heavy (non-hydrogen) atoms. The molecule has 0 unspecified atom stereocenters. The molecule has 0 amide bonds. The molecule has 0 aliphatic rings. The number of rotatable bonds is 20. The minimum Gasteiger partial charge on any atom is -0.422 e. The molecule has 0 aromatic carbocycles. The summed E-state index contributed by atoms with van der Waals surface area (Å²) in [4.78, 5) is 8.14. The highest BCUT2D eigenvalue weighted by atomic mass is 28.2. The van der Waals surface area contributed by atoms with Gasteiger partial charge in [0.25, 0.3) is 0 Å². The number of hydrogen-bond acceptors (Lipinski definition) is 4. The fraction of sp³-hybridized carbons (Fsp3) is 1.00. The quantitative estimate of drug-likeness (QED) is 0.210. The minimum atomic E-state index is -0.427. The maximum atomic E-state index is 6.07. The van der Waals surface area contributed by atoms with E-state index in [1.807, 2.05) is 0 Å². The van der Waals surface area contributed by atoms with Gasteiger partial charge in [0.2, 0.25) is 0 Å². The van der Waals surface area contributed by atoms with E-state index in [1.165, 1.54) is 71.0 Å². The van der Waals surface area contributed by atoms with E-state index in [2.05, 4.69) is 70.1 Å². The van der Waals surface area contributed by atoms with Crippen molar-refractivity contribution < 1.29 is 4.43 Å². The largest absolute Gasteiger partial charge is 0.422 e. The molecule has 0 aliphatic carbocycles. The van der Waals surface area contributed by atoms with Gasteiger partial charge >= 0.3 is 0 Å². The van der Waals surface area contributed by atoms with Gasteiger partial charge < -0.3 is 19.1 Å². The molecule has 0 bridgehead atoms. The fourth-order valence-electron chi connectivity index (χ4n) is 4.57. The first-order valence-electron chi connectivity index (χ1n) is 12.7. The van der Waals surface area contributed by atoms with Crippen LogP contribution in [0.1, 0.15) is 81.1 Å². The van der Waals surface area contributed by atoms with Crippen LogP contribution in [0.25, 0.3) is 0 Å². The third kappa shape index (κ3) is 13.2. The Balaban J connectivity index is 5.63. The Hall–Kier alpha value is 0.0569. The van der Waals surface area contributed by atoms with Crippen molar-refractivity contribution in [3.05, 3.63) is 0 Å². The molecule has 4 nitrogen and oxygen atoms in total. The molecule has 0 aromatic rings. The monoisotopic (exact) mass is 429 g/mol. The highest BCUT2D eigenvalue weighted by Gasteiger charge is 2.35. The zero-order chi connectivity index (χ0) is 22.1. The maximum Gasteiger partial charge on any atom is 0.161 e. The van der Waals surface area contributed by atoms with Crippen molar-refractivity contribution in [2.75, 3.05) is 58.9 Å². The van der Waals surface area contributed by atoms with Crippen molar-refractivity contribution in [2.24, 2.45) is 5.41 Å². The normalized spacial score (nSPS) is 13.2. The summed E-state index contributed by atoms with van der Waals surface area (Å²) in [7, 11) is -0.427. The summed E-state index contributed by atoms with van der Waals surface area (Å²) < 4.78 is 6.07. The molecule has 0 aromatic heterocycles. The van der Waals surface area contributed by atoms with E-state index in [0.717, 1.165) is 19.6 Å². The Kier molecular flexibility index (Phi) is 17.7. The lowest BCUT2D eigenvalue weighted by Gasteiger charge is -2.44. The zero-order valence-corrected chi connectivity index (χ0v) is 22.8. The topological polar surface area (TPSA) is 19.0 Å². The van der Waals surface area contributed by atoms with Crippen LogP contribution < -0.4 is 0 Å². The molecule has 0 aliphatic heterocycles. The predicted octanol–water partition coefficient (Wildman–Crippen LogP) is 4.49. The van der Waals surface area contributed by atoms with Crippen LogP contribution in [0.2, 0.25) is 6.04 Å². The summed E-state index contributed by atoms with van der Waals surface area (Å²) in [5.41, 5.74) is 0.342. The van der Waals surface area contributed by atoms with Gasteiger partial charge in [-0.1, -0.05) is 41.5 Å². The average Bonchev–Trinajstić information content (AvgIpc) is 2.70. The second kappa shape index (κ2) is 17.7. The zero-order valence-electron chi connectivity index (χ0n) is 21.4. The summed E-state index contributed by atoms with van der Waals surface area (Å²) in [6, 6.07) is 1.30. The highest BCUT2D eigenvalue weighted by Crippen LogP contribution is 2.30. The lowest BCUT2D eigenvalue weighted by atomic mass is 9.82. The third-order valence-electron chi connectivity index (χ3n) is 5.94. The summed E-state index contributed by atoms with van der Waals surface area (Å²) in [5, 5.41) is 0. The molecule has 0 radical (unpaired) electrons. The molecule has 176 valence electrons. The third-order valence-corrected chi connectivity index (χ3v) is 7.49. The van der Waals surface area contributed by atoms with E-state index in [1.54, 1.807) is 0 Å². The first-order chi connectivity index (χ1) is 13.9. The van der Waals surface area contributed by atoms with Gasteiger partial charge in [0, 0.05) is 31.2 Å². The molecular weight excluding hydrogens is 374 g/mol. The lowest BCUT2D eigenvalue weighted by Crippen LogP contribution is -2.52. The summed E-state index contributed by atoms with van der Waals surface area (Å²) >= 11 is 0. The van der Waals surface area contributed by atoms with Crippen LogP contribution in [0.3, 0.4) is 0 Å². The van der Waals surface area contributed by atoms with Gasteiger partial charge in [-0.05, 0) is 84.8 Å². The van der Waals surface area contributed by atoms with E-state index in [0.29, 0.717) is 11.5 Å². The molecule has 0 N–H and O–H groups in total. The van der Waals surface area contributed by atoms with Gasteiger partial charge in [-0.2, -0.15) is 0 Å². The average molecular weight is 430 g/mol. The smallest absolute Gasteiger partial charge is 0.161 e. The highest BCUT2D eigenvalue weighted by molar-refractivity contribution is 6.27. The predicted molar refractivity (Wildman–Crippen MR) is 134 cm³/mol. The minimum absolute atomic E-state index is 0.342. The fourth-order valence-corrected chi connectivity index (χ4v) is 6.10. The first-order valence-corrected chi connectivity index (χ1v) is 14.3. The molecule has 5 heteroatoms. The molecule has 0 saturated heterocycles. The van der Waals surface area contributed by atoms with Crippen molar-refractivity contribution in [1.29, 1.82) is 0 Å². The number of nitrogens with zero attached hydrogens (tertiary/aromatic N) is 3. The van der Waals surface area contributed by atoms with Crippen LogP contribution >= 0.6 is 0 Å². The van der Waals surface area contributed by atoms with Crippen LogP contribution in [-0.4, -0.2) is 89.5 Å². The summed E-state index contributed by atoms with van der Waals surface area (Å²) in [5.74, 6) is 0. The van der Waals surface area contributed by atoms with Gasteiger partial charge in [-0.3, -0.25) is 0 Å². The Labute approximate surface area is 186 Å². The standard InChI is InChI=1S/C24H55N3OSi/c1-9-16-25(12-4)20-24(15-19-29-28-23(7)8,21-26(13-5)17-10-2)22-27(14-6)18-11-3/h23H,9-22,29H2,1-8H3. The molecule has 0 saturated carbocycles. The Morgan fingerprint density at radius 3 is 1.34 bits per heavy atom. The molecule has 0 atom stereocenters. The second-order valence-corrected chi connectivity index (χ2v) is 10.6. The molecular formula is C24H55N3OSi. The van der Waals surface area contributed by atoms with Gasteiger partial charge in [0.1, 0.15) is 0 Å². The Bertz CT molecular complexity index is 327. The second-order valence-electron chi connectivity index (χ2n) is 9.13. The molecule has 0 rings (SSSR count). The van der Waals surface area contributed by atoms with Crippen molar-refractivity contribution in [3.8, 4) is 0 Å². The van der Waals surface area contributed by atoms with Crippen LogP contribution in [0.15, 0.2) is 0 Å². The van der Waals surface area contributed by atoms with Gasteiger partial charge in [-0.15, -0.1) is 0 Å². The van der Waals surface area contributed by atoms with Crippen LogP contribution in [0.4, 0.5) is 0 Å². The van der Waals surface area contributed by atoms with Gasteiger partial charge in [0.15, 0.2) is 9.76 Å².